The number of aromatic amines is 1. The Labute approximate surface area is 233 Å². The first-order valence-corrected chi connectivity index (χ1v) is 12.8. The highest BCUT2D eigenvalue weighted by atomic mass is 16.2. The number of hydrogen-bond acceptors (Lipinski definition) is 6. The first-order valence-electron chi connectivity index (χ1n) is 12.8. The van der Waals surface area contributed by atoms with Crippen LogP contribution in [0.1, 0.15) is 40.1 Å². The van der Waals surface area contributed by atoms with Crippen molar-refractivity contribution in [3.63, 3.8) is 0 Å². The van der Waals surface area contributed by atoms with E-state index in [4.69, 9.17) is 5.73 Å². The lowest BCUT2D eigenvalue weighted by Crippen LogP contribution is -2.32. The molecule has 41 heavy (non-hydrogen) atoms. The third-order valence-corrected chi connectivity index (χ3v) is 6.66. The van der Waals surface area contributed by atoms with Gasteiger partial charge >= 0.3 is 0 Å². The molecular formula is C31H23N7O3. The van der Waals surface area contributed by atoms with Crippen LogP contribution >= 0.6 is 0 Å². The van der Waals surface area contributed by atoms with Crippen molar-refractivity contribution in [3.05, 3.63) is 134 Å². The quantitative estimate of drug-likeness (QED) is 0.293. The van der Waals surface area contributed by atoms with Crippen LogP contribution in [-0.2, 0) is 0 Å². The van der Waals surface area contributed by atoms with Gasteiger partial charge in [-0.15, -0.1) is 5.10 Å². The molecular weight excluding hydrogens is 518 g/mol. The zero-order valence-corrected chi connectivity index (χ0v) is 21.8. The highest BCUT2D eigenvalue weighted by molar-refractivity contribution is 6.04. The predicted molar refractivity (Wildman–Crippen MR) is 156 cm³/mol. The maximum atomic E-state index is 14.2. The van der Waals surface area contributed by atoms with Crippen LogP contribution < -0.4 is 22.2 Å². The summed E-state index contributed by atoms with van der Waals surface area (Å²) < 4.78 is 3.02. The van der Waals surface area contributed by atoms with Crippen molar-refractivity contribution in [2.75, 3.05) is 5.73 Å². The van der Waals surface area contributed by atoms with E-state index in [1.807, 2.05) is 48.5 Å². The van der Waals surface area contributed by atoms with Gasteiger partial charge in [0.1, 0.15) is 5.56 Å². The molecule has 1 amide bonds. The molecule has 0 aliphatic rings. The summed E-state index contributed by atoms with van der Waals surface area (Å²) >= 11 is 0. The maximum absolute atomic E-state index is 14.2. The first kappa shape index (κ1) is 25.3. The minimum absolute atomic E-state index is 0.0538. The van der Waals surface area contributed by atoms with Crippen molar-refractivity contribution in [3.8, 4) is 17.5 Å². The van der Waals surface area contributed by atoms with Crippen LogP contribution in [0.3, 0.4) is 0 Å². The summed E-state index contributed by atoms with van der Waals surface area (Å²) in [6.07, 6.45) is 4.75. The Morgan fingerprint density at radius 1 is 1.02 bits per heavy atom. The standard InChI is InChI=1S/C31H23N7O3/c1-19(35-30(40)27-28(32)36-37-16-6-15-33-29(27)37)24-17-22-8-5-7-21(13-11-20-12-14-25(39)34-18-20)26(22)31(41)38(24)23-9-3-2-4-10-23/h2-10,12,14-19H,1H3,(H2,32,36)(H,34,39)(H,35,40). The summed E-state index contributed by atoms with van der Waals surface area (Å²) in [7, 11) is 0. The molecule has 2 aromatic carbocycles. The molecule has 0 fully saturated rings. The van der Waals surface area contributed by atoms with Crippen molar-refractivity contribution in [2.24, 2.45) is 0 Å². The summed E-state index contributed by atoms with van der Waals surface area (Å²) in [5.74, 6) is 5.69. The fourth-order valence-electron chi connectivity index (χ4n) is 4.74. The maximum Gasteiger partial charge on any atom is 0.264 e. The molecule has 6 rings (SSSR count). The Morgan fingerprint density at radius 2 is 1.85 bits per heavy atom. The summed E-state index contributed by atoms with van der Waals surface area (Å²) in [6.45, 7) is 1.80. The highest BCUT2D eigenvalue weighted by Crippen LogP contribution is 2.24. The third-order valence-electron chi connectivity index (χ3n) is 6.66. The molecule has 1 atom stereocenters. The van der Waals surface area contributed by atoms with E-state index in [9.17, 15) is 14.4 Å². The molecule has 200 valence electrons. The number of nitrogens with two attached hydrogens (primary N) is 1. The molecule has 0 saturated carbocycles. The normalized spacial score (nSPS) is 11.6. The minimum Gasteiger partial charge on any atom is -0.381 e. The van der Waals surface area contributed by atoms with E-state index in [0.717, 1.165) is 0 Å². The number of para-hydroxylation sites is 1. The molecule has 0 aliphatic carbocycles. The Balaban J connectivity index is 1.47. The Hall–Kier alpha value is -5.95. The smallest absolute Gasteiger partial charge is 0.264 e. The fourth-order valence-corrected chi connectivity index (χ4v) is 4.74. The van der Waals surface area contributed by atoms with Gasteiger partial charge in [0.25, 0.3) is 11.5 Å². The number of fused-ring (bicyclic) bond motifs is 2. The van der Waals surface area contributed by atoms with Crippen LogP contribution in [-0.4, -0.2) is 30.1 Å². The van der Waals surface area contributed by atoms with Crippen LogP contribution in [0.4, 0.5) is 5.82 Å². The lowest BCUT2D eigenvalue weighted by Gasteiger charge is -2.21. The molecule has 0 bridgehead atoms. The summed E-state index contributed by atoms with van der Waals surface area (Å²) in [5, 5.41) is 8.25. The van der Waals surface area contributed by atoms with Crippen LogP contribution in [0.15, 0.2) is 101 Å². The second-order valence-electron chi connectivity index (χ2n) is 9.35. The van der Waals surface area contributed by atoms with Crippen LogP contribution in [0.5, 0.6) is 0 Å². The lowest BCUT2D eigenvalue weighted by atomic mass is 10.0. The van der Waals surface area contributed by atoms with Crippen LogP contribution in [0.25, 0.3) is 22.1 Å². The molecule has 4 aromatic heterocycles. The average Bonchev–Trinajstić information content (AvgIpc) is 3.32. The van der Waals surface area contributed by atoms with Gasteiger partial charge in [0, 0.05) is 47.2 Å². The average molecular weight is 542 g/mol. The van der Waals surface area contributed by atoms with Gasteiger partial charge in [-0.1, -0.05) is 42.2 Å². The summed E-state index contributed by atoms with van der Waals surface area (Å²) in [5.41, 5.74) is 8.40. The molecule has 6 aromatic rings. The first-order chi connectivity index (χ1) is 19.9. The van der Waals surface area contributed by atoms with Crippen molar-refractivity contribution >= 4 is 28.1 Å². The number of rotatable bonds is 4. The number of nitrogens with one attached hydrogen (secondary N) is 2. The second-order valence-corrected chi connectivity index (χ2v) is 9.35. The Morgan fingerprint density at radius 3 is 2.63 bits per heavy atom. The Kier molecular flexibility index (Phi) is 6.37. The zero-order chi connectivity index (χ0) is 28.5. The van der Waals surface area contributed by atoms with Crippen molar-refractivity contribution in [1.29, 1.82) is 0 Å². The molecule has 10 nitrogen and oxygen atoms in total. The van der Waals surface area contributed by atoms with Gasteiger partial charge < -0.3 is 16.0 Å². The van der Waals surface area contributed by atoms with E-state index in [1.165, 1.54) is 16.8 Å². The number of nitrogens with zero attached hydrogens (tertiary/aromatic N) is 4. The van der Waals surface area contributed by atoms with Gasteiger partial charge in [-0.3, -0.25) is 19.0 Å². The number of nitrogen functional groups attached to an aromatic ring is 1. The van der Waals surface area contributed by atoms with Gasteiger partial charge in [-0.2, -0.15) is 0 Å². The lowest BCUT2D eigenvalue weighted by molar-refractivity contribution is 0.0941. The van der Waals surface area contributed by atoms with Gasteiger partial charge in [-0.05, 0) is 48.7 Å². The SMILES string of the molecule is CC(NC(=O)c1c(N)nn2cccnc12)c1cc2cccc(C#Cc3ccc(=O)[nH]c3)c2c(=O)n1-c1ccccc1. The van der Waals surface area contributed by atoms with E-state index in [0.29, 0.717) is 38.9 Å². The monoisotopic (exact) mass is 541 g/mol. The number of aromatic nitrogens is 5. The van der Waals surface area contributed by atoms with Crippen LogP contribution in [0, 0.1) is 11.8 Å². The zero-order valence-electron chi connectivity index (χ0n) is 21.8. The highest BCUT2D eigenvalue weighted by Gasteiger charge is 2.23. The minimum atomic E-state index is -0.603. The summed E-state index contributed by atoms with van der Waals surface area (Å²) in [6, 6.07) is 20.6. The number of carbonyl (C=O) groups excluding carboxylic acids is 1. The third kappa shape index (κ3) is 4.72. The second kappa shape index (κ2) is 10.3. The molecule has 0 spiro atoms. The number of amides is 1. The van der Waals surface area contributed by atoms with Crippen LogP contribution in [0.2, 0.25) is 0 Å². The number of hydrogen-bond donors (Lipinski definition) is 3. The predicted octanol–water partition coefficient (Wildman–Crippen LogP) is 3.19. The number of anilines is 1. The van der Waals surface area contributed by atoms with Gasteiger partial charge in [0.05, 0.1) is 11.4 Å². The van der Waals surface area contributed by atoms with E-state index >= 15 is 0 Å². The van der Waals surface area contributed by atoms with E-state index in [-0.39, 0.29) is 22.5 Å². The molecule has 1 unspecified atom stereocenters. The fraction of sp³-hybridized carbons (Fsp3) is 0.0645. The number of H-pyrrole nitrogens is 1. The van der Waals surface area contributed by atoms with E-state index in [1.54, 1.807) is 42.1 Å². The number of pyridine rings is 2. The molecule has 0 aliphatic heterocycles. The number of benzene rings is 2. The van der Waals surface area contributed by atoms with Crippen molar-refractivity contribution < 1.29 is 4.79 Å². The van der Waals surface area contributed by atoms with Gasteiger partial charge in [0.15, 0.2) is 11.5 Å². The largest absolute Gasteiger partial charge is 0.381 e. The van der Waals surface area contributed by atoms with Gasteiger partial charge in [0.2, 0.25) is 5.56 Å². The number of carbonyl (C=O) groups is 1. The molecule has 0 radical (unpaired) electrons. The summed E-state index contributed by atoms with van der Waals surface area (Å²) in [4.78, 5) is 45.8. The molecule has 4 heterocycles. The molecule has 0 saturated heterocycles. The van der Waals surface area contributed by atoms with E-state index in [2.05, 4.69) is 32.2 Å². The van der Waals surface area contributed by atoms with E-state index < -0.39 is 11.9 Å². The molecule has 4 N–H and O–H groups in total. The van der Waals surface area contributed by atoms with Crippen molar-refractivity contribution in [1.82, 2.24) is 29.5 Å². The topological polar surface area (TPSA) is 140 Å². The molecule has 10 heteroatoms. The van der Waals surface area contributed by atoms with Crippen molar-refractivity contribution in [2.45, 2.75) is 13.0 Å². The van der Waals surface area contributed by atoms with Gasteiger partial charge in [-0.25, -0.2) is 9.50 Å². The Bertz CT molecular complexity index is 2110.